The normalized spacial score (nSPS) is 12.3. The SMILES string of the molecule is Cc1ccc(C)c(CN(Cc2ccc(F)cc2)CC(O)COCc2ccccc2)c1. The van der Waals surface area contributed by atoms with E-state index < -0.39 is 6.10 Å². The van der Waals surface area contributed by atoms with Crippen LogP contribution in [0.25, 0.3) is 0 Å². The van der Waals surface area contributed by atoms with E-state index in [1.54, 1.807) is 12.1 Å². The van der Waals surface area contributed by atoms with Crippen molar-refractivity contribution in [3.8, 4) is 0 Å². The number of ether oxygens (including phenoxy) is 1. The number of aryl methyl sites for hydroxylation is 2. The minimum absolute atomic E-state index is 0.242. The fraction of sp³-hybridized carbons (Fsp3) is 0.308. The molecular weight excluding hydrogens is 377 g/mol. The molecule has 3 aromatic carbocycles. The Bertz CT molecular complexity index is 912. The second-order valence-electron chi connectivity index (χ2n) is 7.88. The van der Waals surface area contributed by atoms with Crippen molar-refractivity contribution >= 4 is 0 Å². The van der Waals surface area contributed by atoms with E-state index in [9.17, 15) is 9.50 Å². The maximum Gasteiger partial charge on any atom is 0.123 e. The highest BCUT2D eigenvalue weighted by Gasteiger charge is 2.15. The van der Waals surface area contributed by atoms with Crippen LogP contribution >= 0.6 is 0 Å². The van der Waals surface area contributed by atoms with E-state index in [0.717, 1.165) is 11.1 Å². The van der Waals surface area contributed by atoms with Gasteiger partial charge in [-0.2, -0.15) is 0 Å². The second kappa shape index (κ2) is 11.0. The smallest absolute Gasteiger partial charge is 0.123 e. The van der Waals surface area contributed by atoms with Gasteiger partial charge in [0.15, 0.2) is 0 Å². The summed E-state index contributed by atoms with van der Waals surface area (Å²) < 4.78 is 19.0. The molecule has 1 unspecified atom stereocenters. The van der Waals surface area contributed by atoms with Gasteiger partial charge in [-0.05, 0) is 48.2 Å². The lowest BCUT2D eigenvalue weighted by Crippen LogP contribution is -2.34. The van der Waals surface area contributed by atoms with Crippen LogP contribution in [0.5, 0.6) is 0 Å². The third-order valence-electron chi connectivity index (χ3n) is 5.11. The number of aliphatic hydroxyl groups is 1. The van der Waals surface area contributed by atoms with Gasteiger partial charge in [-0.1, -0.05) is 66.2 Å². The summed E-state index contributed by atoms with van der Waals surface area (Å²) in [7, 11) is 0. The Labute approximate surface area is 178 Å². The Morgan fingerprint density at radius 3 is 2.37 bits per heavy atom. The maximum absolute atomic E-state index is 13.3. The standard InChI is InChI=1S/C26H30FNO2/c1-20-8-9-21(2)24(14-20)16-28(15-22-10-12-25(27)13-11-22)17-26(29)19-30-18-23-6-4-3-5-7-23/h3-14,26,29H,15-19H2,1-2H3. The fourth-order valence-corrected chi connectivity index (χ4v) is 3.48. The number of halogens is 1. The van der Waals surface area contributed by atoms with E-state index in [4.69, 9.17) is 4.74 Å². The van der Waals surface area contributed by atoms with E-state index in [1.807, 2.05) is 30.3 Å². The lowest BCUT2D eigenvalue weighted by atomic mass is 10.0. The molecule has 1 atom stereocenters. The molecule has 0 aliphatic rings. The van der Waals surface area contributed by atoms with Gasteiger partial charge < -0.3 is 9.84 Å². The molecule has 0 saturated carbocycles. The van der Waals surface area contributed by atoms with E-state index in [-0.39, 0.29) is 12.4 Å². The van der Waals surface area contributed by atoms with Gasteiger partial charge >= 0.3 is 0 Å². The Balaban J connectivity index is 1.63. The minimum atomic E-state index is -0.612. The highest BCUT2D eigenvalue weighted by Crippen LogP contribution is 2.16. The number of hydrogen-bond acceptors (Lipinski definition) is 3. The molecule has 3 aromatic rings. The first-order valence-corrected chi connectivity index (χ1v) is 10.3. The van der Waals surface area contributed by atoms with Crippen LogP contribution in [0.1, 0.15) is 27.8 Å². The van der Waals surface area contributed by atoms with Crippen LogP contribution in [0.15, 0.2) is 72.8 Å². The second-order valence-corrected chi connectivity index (χ2v) is 7.88. The Morgan fingerprint density at radius 1 is 0.900 bits per heavy atom. The summed E-state index contributed by atoms with van der Waals surface area (Å²) in [5.41, 5.74) is 5.76. The molecule has 0 aliphatic heterocycles. The molecule has 3 rings (SSSR count). The number of benzene rings is 3. The Kier molecular flexibility index (Phi) is 8.14. The molecule has 158 valence electrons. The number of rotatable bonds is 10. The van der Waals surface area contributed by atoms with Crippen LogP contribution in [0.4, 0.5) is 4.39 Å². The molecule has 0 aromatic heterocycles. The van der Waals surface area contributed by atoms with Gasteiger partial charge in [0.1, 0.15) is 5.82 Å². The third-order valence-corrected chi connectivity index (χ3v) is 5.11. The number of nitrogens with zero attached hydrogens (tertiary/aromatic N) is 1. The molecule has 0 radical (unpaired) electrons. The lowest BCUT2D eigenvalue weighted by molar-refractivity contribution is 0.00709. The van der Waals surface area contributed by atoms with Crippen molar-refractivity contribution < 1.29 is 14.2 Å². The van der Waals surface area contributed by atoms with Crippen molar-refractivity contribution in [1.29, 1.82) is 0 Å². The molecular formula is C26H30FNO2. The topological polar surface area (TPSA) is 32.7 Å². The summed E-state index contributed by atoms with van der Waals surface area (Å²) in [6.45, 7) is 6.74. The summed E-state index contributed by atoms with van der Waals surface area (Å²) >= 11 is 0. The average molecular weight is 408 g/mol. The van der Waals surface area contributed by atoms with E-state index in [1.165, 1.54) is 28.8 Å². The predicted molar refractivity (Wildman–Crippen MR) is 119 cm³/mol. The lowest BCUT2D eigenvalue weighted by Gasteiger charge is -2.26. The van der Waals surface area contributed by atoms with Crippen molar-refractivity contribution in [2.24, 2.45) is 0 Å². The van der Waals surface area contributed by atoms with Gasteiger partial charge in [0.25, 0.3) is 0 Å². The highest BCUT2D eigenvalue weighted by molar-refractivity contribution is 5.30. The first kappa shape index (κ1) is 22.2. The van der Waals surface area contributed by atoms with Gasteiger partial charge in [0.05, 0.1) is 19.3 Å². The largest absolute Gasteiger partial charge is 0.389 e. The van der Waals surface area contributed by atoms with Crippen molar-refractivity contribution in [3.05, 3.63) is 106 Å². The number of hydrogen-bond donors (Lipinski definition) is 1. The molecule has 0 fully saturated rings. The maximum atomic E-state index is 13.3. The number of aliphatic hydroxyl groups excluding tert-OH is 1. The summed E-state index contributed by atoms with van der Waals surface area (Å²) in [4.78, 5) is 2.19. The molecule has 1 N–H and O–H groups in total. The molecule has 0 aliphatic carbocycles. The molecule has 4 heteroatoms. The molecule has 0 bridgehead atoms. The van der Waals surface area contributed by atoms with Crippen LogP contribution in [0.3, 0.4) is 0 Å². The summed E-state index contributed by atoms with van der Waals surface area (Å²) in [6.07, 6.45) is -0.612. The van der Waals surface area contributed by atoms with Gasteiger partial charge in [0.2, 0.25) is 0 Å². The van der Waals surface area contributed by atoms with Crippen molar-refractivity contribution in [2.75, 3.05) is 13.2 Å². The zero-order valence-electron chi connectivity index (χ0n) is 17.7. The van der Waals surface area contributed by atoms with Crippen LogP contribution in [-0.4, -0.2) is 29.3 Å². The van der Waals surface area contributed by atoms with Crippen molar-refractivity contribution in [3.63, 3.8) is 0 Å². The van der Waals surface area contributed by atoms with E-state index >= 15 is 0 Å². The van der Waals surface area contributed by atoms with Crippen LogP contribution < -0.4 is 0 Å². The monoisotopic (exact) mass is 407 g/mol. The quantitative estimate of drug-likeness (QED) is 0.512. The fourth-order valence-electron chi connectivity index (χ4n) is 3.48. The Morgan fingerprint density at radius 2 is 1.63 bits per heavy atom. The molecule has 30 heavy (non-hydrogen) atoms. The first-order chi connectivity index (χ1) is 14.5. The van der Waals surface area contributed by atoms with Gasteiger partial charge in [-0.3, -0.25) is 4.90 Å². The summed E-state index contributed by atoms with van der Waals surface area (Å²) in [5, 5.41) is 10.6. The Hall–Kier alpha value is -2.53. The average Bonchev–Trinajstić information content (AvgIpc) is 2.73. The minimum Gasteiger partial charge on any atom is -0.389 e. The van der Waals surface area contributed by atoms with Crippen LogP contribution in [0.2, 0.25) is 0 Å². The molecule has 0 amide bonds. The third kappa shape index (κ3) is 7.06. The molecule has 0 spiro atoms. The summed E-state index contributed by atoms with van der Waals surface area (Å²) in [6, 6.07) is 22.9. The van der Waals surface area contributed by atoms with Crippen molar-refractivity contribution in [1.82, 2.24) is 4.90 Å². The van der Waals surface area contributed by atoms with E-state index in [2.05, 4.69) is 36.9 Å². The zero-order chi connectivity index (χ0) is 21.3. The highest BCUT2D eigenvalue weighted by atomic mass is 19.1. The van der Waals surface area contributed by atoms with Crippen LogP contribution in [0, 0.1) is 19.7 Å². The van der Waals surface area contributed by atoms with Crippen LogP contribution in [-0.2, 0) is 24.4 Å². The predicted octanol–water partition coefficient (Wildman–Crippen LogP) is 5.02. The van der Waals surface area contributed by atoms with Crippen molar-refractivity contribution in [2.45, 2.75) is 39.6 Å². The molecule has 3 nitrogen and oxygen atoms in total. The van der Waals surface area contributed by atoms with Gasteiger partial charge in [-0.15, -0.1) is 0 Å². The van der Waals surface area contributed by atoms with E-state index in [0.29, 0.717) is 26.2 Å². The first-order valence-electron chi connectivity index (χ1n) is 10.3. The summed E-state index contributed by atoms with van der Waals surface area (Å²) in [5.74, 6) is -0.242. The molecule has 0 heterocycles. The van der Waals surface area contributed by atoms with Gasteiger partial charge in [-0.25, -0.2) is 4.39 Å². The van der Waals surface area contributed by atoms with Gasteiger partial charge in [0, 0.05) is 19.6 Å². The zero-order valence-corrected chi connectivity index (χ0v) is 17.7. The molecule has 0 saturated heterocycles.